The molecule has 198 valence electrons. The van der Waals surface area contributed by atoms with Gasteiger partial charge in [0, 0.05) is 40.3 Å². The molecule has 2 unspecified atom stereocenters. The number of hydrazine groups is 1. The van der Waals surface area contributed by atoms with Gasteiger partial charge >= 0.3 is 6.09 Å². The molecule has 0 aromatic carbocycles. The first kappa shape index (κ1) is 28.8. The molecule has 12 nitrogen and oxygen atoms in total. The van der Waals surface area contributed by atoms with Crippen molar-refractivity contribution in [1.29, 1.82) is 0 Å². The van der Waals surface area contributed by atoms with Crippen molar-refractivity contribution in [3.8, 4) is 0 Å². The fraction of sp³-hybridized carbons (Fsp3) is 0.500. The lowest BCUT2D eigenvalue weighted by atomic mass is 9.95. The van der Waals surface area contributed by atoms with Crippen molar-refractivity contribution in [2.45, 2.75) is 45.7 Å². The number of carbonyl (C=O) groups excluding carboxylic acids is 1. The molecule has 1 heterocycles. The standard InChI is InChI=1S/C24H37N7O5/c1-16-10-12-18(13-11-16)22(23(29-25)31(4)26-3)30-35-15-19-8-7-9-20(27-19)28-24(32)36-17(2)14-21(33-5)34-6/h7-10,12-13,16-17,21,26H,11,14-15,25H2,1-6H3,(H,27,28,32)/b29-23-,30-22-. The Bertz CT molecular complexity index is 975. The number of amides is 1. The third-order valence-electron chi connectivity index (χ3n) is 5.34. The van der Waals surface area contributed by atoms with E-state index in [4.69, 9.17) is 24.9 Å². The minimum atomic E-state index is -0.636. The average Bonchev–Trinajstić information content (AvgIpc) is 2.87. The first-order valence-corrected chi connectivity index (χ1v) is 11.6. The van der Waals surface area contributed by atoms with E-state index in [1.165, 1.54) is 14.2 Å². The first-order chi connectivity index (χ1) is 17.3. The molecule has 1 aliphatic rings. The van der Waals surface area contributed by atoms with Gasteiger partial charge in [-0.3, -0.25) is 10.3 Å². The van der Waals surface area contributed by atoms with Crippen molar-refractivity contribution in [1.82, 2.24) is 15.4 Å². The van der Waals surface area contributed by atoms with Gasteiger partial charge < -0.3 is 24.9 Å². The van der Waals surface area contributed by atoms with E-state index >= 15 is 0 Å². The number of pyridine rings is 1. The van der Waals surface area contributed by atoms with Crippen LogP contribution in [0.1, 0.15) is 32.4 Å². The van der Waals surface area contributed by atoms with E-state index in [0.717, 1.165) is 12.0 Å². The van der Waals surface area contributed by atoms with Crippen LogP contribution >= 0.6 is 0 Å². The van der Waals surface area contributed by atoms with Gasteiger partial charge in [-0.2, -0.15) is 5.10 Å². The Morgan fingerprint density at radius 2 is 2.08 bits per heavy atom. The molecule has 1 amide bonds. The summed E-state index contributed by atoms with van der Waals surface area (Å²) in [7, 11) is 6.57. The predicted octanol–water partition coefficient (Wildman–Crippen LogP) is 2.76. The number of nitrogens with two attached hydrogens (primary N) is 1. The highest BCUT2D eigenvalue weighted by atomic mass is 16.7. The number of aromatic nitrogens is 1. The van der Waals surface area contributed by atoms with E-state index in [1.807, 2.05) is 6.08 Å². The van der Waals surface area contributed by atoms with Gasteiger partial charge in [0.25, 0.3) is 0 Å². The zero-order valence-corrected chi connectivity index (χ0v) is 21.7. The summed E-state index contributed by atoms with van der Waals surface area (Å²) < 4.78 is 15.6. The highest BCUT2D eigenvalue weighted by Crippen LogP contribution is 2.18. The number of hydrazone groups is 1. The van der Waals surface area contributed by atoms with E-state index in [2.05, 4.69) is 45.1 Å². The second-order valence-electron chi connectivity index (χ2n) is 8.17. The summed E-state index contributed by atoms with van der Waals surface area (Å²) in [5, 5.41) is 12.4. The molecule has 1 aromatic rings. The third-order valence-corrected chi connectivity index (χ3v) is 5.34. The summed E-state index contributed by atoms with van der Waals surface area (Å²) in [6.07, 6.45) is 5.88. The molecule has 1 aromatic heterocycles. The molecule has 0 saturated carbocycles. The van der Waals surface area contributed by atoms with Crippen molar-refractivity contribution >= 4 is 23.5 Å². The summed E-state index contributed by atoms with van der Waals surface area (Å²) in [6.45, 7) is 3.94. The second-order valence-corrected chi connectivity index (χ2v) is 8.17. The topological polar surface area (TPSA) is 145 Å². The predicted molar refractivity (Wildman–Crippen MR) is 138 cm³/mol. The maximum Gasteiger partial charge on any atom is 0.413 e. The Balaban J connectivity index is 2.05. The second kappa shape index (κ2) is 14.8. The molecule has 0 aliphatic heterocycles. The highest BCUT2D eigenvalue weighted by Gasteiger charge is 2.20. The number of nitrogens with one attached hydrogen (secondary N) is 2. The molecule has 0 spiro atoms. The Hall–Kier alpha value is -3.48. The number of carbonyl (C=O) groups is 1. The van der Waals surface area contributed by atoms with Gasteiger partial charge in [-0.25, -0.2) is 15.2 Å². The van der Waals surface area contributed by atoms with Crippen molar-refractivity contribution in [2.75, 3.05) is 33.6 Å². The number of rotatable bonds is 12. The summed E-state index contributed by atoms with van der Waals surface area (Å²) >= 11 is 0. The van der Waals surface area contributed by atoms with Gasteiger partial charge in [-0.15, -0.1) is 0 Å². The van der Waals surface area contributed by atoms with Gasteiger partial charge in [0.1, 0.15) is 11.9 Å². The Morgan fingerprint density at radius 1 is 1.33 bits per heavy atom. The number of amidine groups is 1. The molecule has 0 fully saturated rings. The lowest BCUT2D eigenvalue weighted by Crippen LogP contribution is -2.42. The number of allylic oxidation sites excluding steroid dienone is 3. The van der Waals surface area contributed by atoms with Gasteiger partial charge in [0.15, 0.2) is 24.4 Å². The SMILES string of the molecule is CNN(C)C(=N\N)/C(=N\OCc1cccc(NC(=O)OC(C)CC(OC)OC)n1)C1=CCC(C)C=C1. The van der Waals surface area contributed by atoms with E-state index in [1.54, 1.807) is 44.2 Å². The monoisotopic (exact) mass is 503 g/mol. The lowest BCUT2D eigenvalue weighted by Gasteiger charge is -2.22. The van der Waals surface area contributed by atoms with Crippen LogP contribution in [-0.4, -0.2) is 68.3 Å². The molecule has 36 heavy (non-hydrogen) atoms. The van der Waals surface area contributed by atoms with Crippen LogP contribution in [0.2, 0.25) is 0 Å². The van der Waals surface area contributed by atoms with Crippen molar-refractivity contribution < 1.29 is 23.8 Å². The van der Waals surface area contributed by atoms with E-state index < -0.39 is 18.5 Å². The summed E-state index contributed by atoms with van der Waals surface area (Å²) in [5.41, 5.74) is 4.85. The number of oxime groups is 1. The van der Waals surface area contributed by atoms with Crippen LogP contribution in [0.25, 0.3) is 0 Å². The minimum absolute atomic E-state index is 0.0579. The van der Waals surface area contributed by atoms with E-state index in [0.29, 0.717) is 35.4 Å². The number of hydrogen-bond donors (Lipinski definition) is 3. The highest BCUT2D eigenvalue weighted by molar-refractivity contribution is 6.47. The largest absolute Gasteiger partial charge is 0.446 e. The van der Waals surface area contributed by atoms with Crippen LogP contribution < -0.4 is 16.6 Å². The van der Waals surface area contributed by atoms with Gasteiger partial charge in [-0.1, -0.05) is 36.4 Å². The van der Waals surface area contributed by atoms with Crippen LogP contribution in [0, 0.1) is 5.92 Å². The third kappa shape index (κ3) is 8.95. The van der Waals surface area contributed by atoms with Gasteiger partial charge in [0.2, 0.25) is 0 Å². The molecule has 0 bridgehead atoms. The smallest absolute Gasteiger partial charge is 0.413 e. The molecular weight excluding hydrogens is 466 g/mol. The Labute approximate surface area is 212 Å². The van der Waals surface area contributed by atoms with Crippen LogP contribution in [0.5, 0.6) is 0 Å². The zero-order chi connectivity index (χ0) is 26.5. The molecule has 12 heteroatoms. The number of hydrogen-bond acceptors (Lipinski definition) is 10. The van der Waals surface area contributed by atoms with E-state index in [-0.39, 0.29) is 6.61 Å². The number of ether oxygens (including phenoxy) is 3. The van der Waals surface area contributed by atoms with Crippen molar-refractivity contribution in [3.05, 3.63) is 47.7 Å². The fourth-order valence-electron chi connectivity index (χ4n) is 3.26. The van der Waals surface area contributed by atoms with Crippen molar-refractivity contribution in [2.24, 2.45) is 22.0 Å². The fourth-order valence-corrected chi connectivity index (χ4v) is 3.26. The summed E-state index contributed by atoms with van der Waals surface area (Å²) in [6, 6.07) is 5.16. The summed E-state index contributed by atoms with van der Waals surface area (Å²) in [5.74, 6) is 6.81. The Morgan fingerprint density at radius 3 is 2.69 bits per heavy atom. The lowest BCUT2D eigenvalue weighted by molar-refractivity contribution is -0.120. The molecule has 2 atom stereocenters. The first-order valence-electron chi connectivity index (χ1n) is 11.6. The number of nitrogens with zero attached hydrogens (tertiary/aromatic N) is 4. The van der Waals surface area contributed by atoms with Gasteiger partial charge in [-0.05, 0) is 31.4 Å². The number of anilines is 1. The molecular formula is C24H37N7O5. The number of methoxy groups -OCH3 is 2. The molecule has 4 N–H and O–H groups in total. The zero-order valence-electron chi connectivity index (χ0n) is 21.7. The molecule has 0 saturated heterocycles. The van der Waals surface area contributed by atoms with E-state index in [9.17, 15) is 4.79 Å². The Kier molecular flexibility index (Phi) is 11.8. The van der Waals surface area contributed by atoms with Crippen LogP contribution in [-0.2, 0) is 25.7 Å². The average molecular weight is 504 g/mol. The van der Waals surface area contributed by atoms with Gasteiger partial charge in [0.05, 0.1) is 5.69 Å². The maximum absolute atomic E-state index is 12.2. The van der Waals surface area contributed by atoms with Crippen LogP contribution in [0.3, 0.4) is 0 Å². The maximum atomic E-state index is 12.2. The minimum Gasteiger partial charge on any atom is -0.446 e. The molecule has 2 rings (SSSR count). The van der Waals surface area contributed by atoms with Crippen LogP contribution in [0.4, 0.5) is 10.6 Å². The molecule has 0 radical (unpaired) electrons. The molecule has 1 aliphatic carbocycles. The van der Waals surface area contributed by atoms with Crippen molar-refractivity contribution in [3.63, 3.8) is 0 Å². The normalized spacial score (nSPS) is 17.0. The quantitative estimate of drug-likeness (QED) is 0.129. The summed E-state index contributed by atoms with van der Waals surface area (Å²) in [4.78, 5) is 22.2. The van der Waals surface area contributed by atoms with Crippen LogP contribution in [0.15, 0.2) is 52.3 Å².